The normalized spacial score (nSPS) is 16.0. The number of nitrogens with one attached hydrogen (secondary N) is 1. The number of halogens is 2. The molecule has 0 fully saturated rings. The van der Waals surface area contributed by atoms with Gasteiger partial charge in [0.25, 0.3) is 6.43 Å². The van der Waals surface area contributed by atoms with Crippen molar-refractivity contribution < 1.29 is 8.78 Å². The second-order valence-electron chi connectivity index (χ2n) is 7.53. The molecule has 1 aliphatic carbocycles. The summed E-state index contributed by atoms with van der Waals surface area (Å²) in [6.07, 6.45) is 2.02. The molecule has 5 nitrogen and oxygen atoms in total. The molecule has 0 bridgehead atoms. The summed E-state index contributed by atoms with van der Waals surface area (Å²) in [5.41, 5.74) is 4.01. The number of benzene rings is 2. The first-order valence-corrected chi connectivity index (χ1v) is 10.1. The molecule has 0 aliphatic heterocycles. The predicted molar refractivity (Wildman–Crippen MR) is 112 cm³/mol. The minimum atomic E-state index is -2.72. The largest absolute Gasteiger partial charge is 0.363 e. The van der Waals surface area contributed by atoms with Gasteiger partial charge in [-0.25, -0.2) is 18.7 Å². The number of aromatic nitrogens is 4. The van der Waals surface area contributed by atoms with Crippen molar-refractivity contribution in [2.75, 3.05) is 5.32 Å². The number of hydrogen-bond acceptors (Lipinski definition) is 4. The molecule has 2 aromatic carbocycles. The number of para-hydroxylation sites is 1. The summed E-state index contributed by atoms with van der Waals surface area (Å²) >= 11 is 0. The van der Waals surface area contributed by atoms with Crippen LogP contribution in [0.4, 0.5) is 14.6 Å². The van der Waals surface area contributed by atoms with Crippen LogP contribution in [0.1, 0.15) is 48.0 Å². The van der Waals surface area contributed by atoms with Gasteiger partial charge in [0.05, 0.1) is 24.3 Å². The van der Waals surface area contributed by atoms with Crippen molar-refractivity contribution >= 4 is 16.7 Å². The smallest absolute Gasteiger partial charge is 0.297 e. The van der Waals surface area contributed by atoms with Gasteiger partial charge in [-0.05, 0) is 37.0 Å². The van der Waals surface area contributed by atoms with Crippen molar-refractivity contribution in [3.63, 3.8) is 0 Å². The fraction of sp³-hybridized carbons (Fsp3) is 0.261. The number of anilines is 1. The molecule has 0 saturated carbocycles. The second-order valence-corrected chi connectivity index (χ2v) is 7.53. The molecule has 2 heterocycles. The fourth-order valence-electron chi connectivity index (χ4n) is 4.13. The molecule has 1 atom stereocenters. The first-order valence-electron chi connectivity index (χ1n) is 10.1. The third-order valence-electron chi connectivity index (χ3n) is 5.56. The maximum absolute atomic E-state index is 13.3. The molecule has 0 radical (unpaired) electrons. The molecule has 30 heavy (non-hydrogen) atoms. The van der Waals surface area contributed by atoms with E-state index in [1.54, 1.807) is 12.1 Å². The molecule has 0 saturated heterocycles. The third kappa shape index (κ3) is 3.51. The van der Waals surface area contributed by atoms with E-state index in [0.29, 0.717) is 11.3 Å². The van der Waals surface area contributed by atoms with Crippen molar-refractivity contribution in [2.24, 2.45) is 0 Å². The Morgan fingerprint density at radius 3 is 2.67 bits per heavy atom. The minimum absolute atomic E-state index is 0.0258. The molecule has 0 amide bonds. The summed E-state index contributed by atoms with van der Waals surface area (Å²) in [6.45, 7) is 0.717. The van der Waals surface area contributed by atoms with E-state index in [2.05, 4.69) is 32.5 Å². The molecule has 7 heteroatoms. The van der Waals surface area contributed by atoms with Gasteiger partial charge in [0.15, 0.2) is 5.82 Å². The SMILES string of the molecule is FC(F)c1nc(NC2CCCc3c2cnn3Cc2ccccc2)c2ccccc2n1. The van der Waals surface area contributed by atoms with Gasteiger partial charge >= 0.3 is 0 Å². The molecule has 0 spiro atoms. The van der Waals surface area contributed by atoms with E-state index in [9.17, 15) is 8.78 Å². The van der Waals surface area contributed by atoms with Gasteiger partial charge in [-0.15, -0.1) is 0 Å². The molecule has 1 N–H and O–H groups in total. The maximum atomic E-state index is 13.3. The standard InChI is InChI=1S/C23H21F2N5/c24-21(25)23-28-18-10-5-4-9-16(18)22(29-23)27-19-11-6-12-20-17(19)13-26-30(20)14-15-7-2-1-3-8-15/h1-5,7-10,13,19,21H,6,11-12,14H2,(H,27,28,29). The molecular formula is C23H21F2N5. The van der Waals surface area contributed by atoms with Gasteiger partial charge in [-0.1, -0.05) is 42.5 Å². The van der Waals surface area contributed by atoms with Gasteiger partial charge < -0.3 is 5.32 Å². The molecule has 1 unspecified atom stereocenters. The van der Waals surface area contributed by atoms with Gasteiger partial charge in [-0.3, -0.25) is 4.68 Å². The Labute approximate surface area is 172 Å². The van der Waals surface area contributed by atoms with Gasteiger partial charge in [0, 0.05) is 16.6 Å². The summed E-state index contributed by atoms with van der Waals surface area (Å²) in [6, 6.07) is 17.4. The maximum Gasteiger partial charge on any atom is 0.297 e. The lowest BCUT2D eigenvalue weighted by atomic mass is 9.92. The van der Waals surface area contributed by atoms with E-state index in [1.165, 1.54) is 11.3 Å². The summed E-state index contributed by atoms with van der Waals surface area (Å²) in [7, 11) is 0. The molecule has 152 valence electrons. The molecule has 1 aliphatic rings. The Hall–Kier alpha value is -3.35. The van der Waals surface area contributed by atoms with Crippen LogP contribution in [0.2, 0.25) is 0 Å². The van der Waals surface area contributed by atoms with Gasteiger partial charge in [0.2, 0.25) is 0 Å². The Morgan fingerprint density at radius 1 is 1.03 bits per heavy atom. The molecule has 4 aromatic rings. The number of nitrogens with zero attached hydrogens (tertiary/aromatic N) is 4. The van der Waals surface area contributed by atoms with E-state index in [-0.39, 0.29) is 6.04 Å². The van der Waals surface area contributed by atoms with E-state index >= 15 is 0 Å². The van der Waals surface area contributed by atoms with Crippen molar-refractivity contribution in [1.82, 2.24) is 19.7 Å². The number of fused-ring (bicyclic) bond motifs is 2. The highest BCUT2D eigenvalue weighted by molar-refractivity contribution is 5.89. The average molecular weight is 405 g/mol. The molecule has 2 aromatic heterocycles. The van der Waals surface area contributed by atoms with E-state index in [1.807, 2.05) is 41.2 Å². The Kier molecular flexibility index (Phi) is 4.86. The zero-order valence-corrected chi connectivity index (χ0v) is 16.3. The van der Waals surface area contributed by atoms with Crippen LogP contribution in [0.15, 0.2) is 60.8 Å². The van der Waals surface area contributed by atoms with E-state index < -0.39 is 12.2 Å². The zero-order valence-electron chi connectivity index (χ0n) is 16.3. The van der Waals surface area contributed by atoms with E-state index in [0.717, 1.165) is 36.8 Å². The van der Waals surface area contributed by atoms with Crippen molar-refractivity contribution in [3.8, 4) is 0 Å². The minimum Gasteiger partial charge on any atom is -0.363 e. The predicted octanol–water partition coefficient (Wildman–Crippen LogP) is 5.30. The summed E-state index contributed by atoms with van der Waals surface area (Å²) in [4.78, 5) is 8.15. The lowest BCUT2D eigenvalue weighted by molar-refractivity contribution is 0.141. The van der Waals surface area contributed by atoms with Crippen LogP contribution >= 0.6 is 0 Å². The quantitative estimate of drug-likeness (QED) is 0.489. The second kappa shape index (κ2) is 7.82. The van der Waals surface area contributed by atoms with E-state index in [4.69, 9.17) is 0 Å². The lowest BCUT2D eigenvalue weighted by Gasteiger charge is -2.25. The van der Waals surface area contributed by atoms with Crippen molar-refractivity contribution in [2.45, 2.75) is 38.3 Å². The van der Waals surface area contributed by atoms with Crippen LogP contribution < -0.4 is 5.32 Å². The Morgan fingerprint density at radius 2 is 1.83 bits per heavy atom. The first kappa shape index (κ1) is 18.7. The lowest BCUT2D eigenvalue weighted by Crippen LogP contribution is -2.20. The van der Waals surface area contributed by atoms with Crippen LogP contribution in [0.25, 0.3) is 10.9 Å². The first-order chi connectivity index (χ1) is 14.7. The van der Waals surface area contributed by atoms with Gasteiger partial charge in [-0.2, -0.15) is 5.10 Å². The summed E-state index contributed by atoms with van der Waals surface area (Å²) in [5, 5.41) is 8.77. The van der Waals surface area contributed by atoms with Crippen LogP contribution in [0, 0.1) is 0 Å². The highest BCUT2D eigenvalue weighted by Gasteiger charge is 2.26. The third-order valence-corrected chi connectivity index (χ3v) is 5.56. The summed E-state index contributed by atoms with van der Waals surface area (Å²) in [5.74, 6) is -0.00318. The number of alkyl halides is 2. The molecule has 5 rings (SSSR count). The Bertz CT molecular complexity index is 1170. The van der Waals surface area contributed by atoms with Crippen molar-refractivity contribution in [1.29, 1.82) is 0 Å². The summed E-state index contributed by atoms with van der Waals surface area (Å²) < 4.78 is 28.7. The van der Waals surface area contributed by atoms with Crippen LogP contribution in [-0.4, -0.2) is 19.7 Å². The Balaban J connectivity index is 1.48. The van der Waals surface area contributed by atoms with Crippen LogP contribution in [0.5, 0.6) is 0 Å². The number of rotatable bonds is 5. The fourth-order valence-corrected chi connectivity index (χ4v) is 4.13. The van der Waals surface area contributed by atoms with Crippen molar-refractivity contribution in [3.05, 3.63) is 83.4 Å². The average Bonchev–Trinajstić information content (AvgIpc) is 3.18. The van der Waals surface area contributed by atoms with Crippen LogP contribution in [0.3, 0.4) is 0 Å². The number of hydrogen-bond donors (Lipinski definition) is 1. The monoisotopic (exact) mass is 405 g/mol. The molecular weight excluding hydrogens is 384 g/mol. The zero-order chi connectivity index (χ0) is 20.5. The van der Waals surface area contributed by atoms with Crippen LogP contribution in [-0.2, 0) is 13.0 Å². The highest BCUT2D eigenvalue weighted by Crippen LogP contribution is 2.34. The topological polar surface area (TPSA) is 55.6 Å². The van der Waals surface area contributed by atoms with Gasteiger partial charge in [0.1, 0.15) is 5.82 Å². The highest BCUT2D eigenvalue weighted by atomic mass is 19.3.